The average molecular weight is 318 g/mol. The molecule has 6 nitrogen and oxygen atoms in total. The molecule has 2 heterocycles. The molecule has 2 aromatic heterocycles. The normalized spacial score (nSPS) is 10.7. The number of aromatic nitrogens is 4. The quantitative estimate of drug-likeness (QED) is 0.575. The second kappa shape index (κ2) is 6.00. The molecule has 4 rings (SSSR count). The van der Waals surface area contributed by atoms with Gasteiger partial charge in [0.15, 0.2) is 5.65 Å². The zero-order valence-corrected chi connectivity index (χ0v) is 13.0. The van der Waals surface area contributed by atoms with Gasteiger partial charge < -0.3 is 9.47 Å². The summed E-state index contributed by atoms with van der Waals surface area (Å²) >= 11 is 0. The Morgan fingerprint density at radius 1 is 0.875 bits per heavy atom. The molecule has 0 N–H and O–H groups in total. The van der Waals surface area contributed by atoms with Gasteiger partial charge in [-0.3, -0.25) is 0 Å². The summed E-state index contributed by atoms with van der Waals surface area (Å²) in [4.78, 5) is 8.90. The molecule has 0 radical (unpaired) electrons. The molecule has 0 aliphatic rings. The lowest BCUT2D eigenvalue weighted by molar-refractivity contribution is 0.412. The fourth-order valence-corrected chi connectivity index (χ4v) is 2.37. The maximum atomic E-state index is 5.73. The van der Waals surface area contributed by atoms with Crippen molar-refractivity contribution < 1.29 is 9.47 Å². The first kappa shape index (κ1) is 14.2. The molecule has 0 aliphatic heterocycles. The highest BCUT2D eigenvalue weighted by molar-refractivity contribution is 5.72. The van der Waals surface area contributed by atoms with Gasteiger partial charge in [0.2, 0.25) is 5.88 Å². The van der Waals surface area contributed by atoms with Crippen LogP contribution in [0, 0.1) is 0 Å². The van der Waals surface area contributed by atoms with E-state index in [2.05, 4.69) is 15.1 Å². The van der Waals surface area contributed by atoms with Gasteiger partial charge in [-0.05, 0) is 36.4 Å². The van der Waals surface area contributed by atoms with E-state index in [9.17, 15) is 0 Å². The Morgan fingerprint density at radius 3 is 2.38 bits per heavy atom. The second-order valence-electron chi connectivity index (χ2n) is 5.09. The molecule has 0 spiro atoms. The van der Waals surface area contributed by atoms with Crippen molar-refractivity contribution in [3.05, 3.63) is 67.0 Å². The van der Waals surface area contributed by atoms with Crippen molar-refractivity contribution in [2.24, 2.45) is 0 Å². The number of ether oxygens (including phenoxy) is 2. The fraction of sp³-hybridized carbons (Fsp3) is 0.0556. The van der Waals surface area contributed by atoms with Crippen molar-refractivity contribution in [2.45, 2.75) is 0 Å². The monoisotopic (exact) mass is 318 g/mol. The minimum Gasteiger partial charge on any atom is -0.497 e. The van der Waals surface area contributed by atoms with Crippen molar-refractivity contribution in [1.29, 1.82) is 0 Å². The Hall–Kier alpha value is -3.41. The van der Waals surface area contributed by atoms with Crippen LogP contribution in [0.5, 0.6) is 17.4 Å². The lowest BCUT2D eigenvalue weighted by Crippen LogP contribution is -1.98. The van der Waals surface area contributed by atoms with Crippen LogP contribution in [-0.2, 0) is 0 Å². The van der Waals surface area contributed by atoms with Gasteiger partial charge in [0.1, 0.15) is 17.0 Å². The minimum absolute atomic E-state index is 0.417. The van der Waals surface area contributed by atoms with E-state index in [0.29, 0.717) is 22.8 Å². The summed E-state index contributed by atoms with van der Waals surface area (Å²) in [5, 5.41) is 4.36. The first-order valence-corrected chi connectivity index (χ1v) is 7.41. The van der Waals surface area contributed by atoms with Crippen LogP contribution in [0.3, 0.4) is 0 Å². The van der Waals surface area contributed by atoms with Crippen molar-refractivity contribution in [1.82, 2.24) is 19.7 Å². The summed E-state index contributed by atoms with van der Waals surface area (Å²) in [5.74, 6) is 1.85. The molecule has 118 valence electrons. The minimum atomic E-state index is 0.417. The second-order valence-corrected chi connectivity index (χ2v) is 5.09. The van der Waals surface area contributed by atoms with E-state index in [1.165, 1.54) is 0 Å². The highest BCUT2D eigenvalue weighted by Gasteiger charge is 2.09. The number of hydrogen-bond acceptors (Lipinski definition) is 5. The Balaban J connectivity index is 1.64. The molecule has 0 saturated heterocycles. The maximum Gasteiger partial charge on any atom is 0.238 e. The summed E-state index contributed by atoms with van der Waals surface area (Å²) in [5.41, 5.74) is 2.29. The molecule has 0 amide bonds. The summed E-state index contributed by atoms with van der Waals surface area (Å²) in [6.45, 7) is 0. The van der Waals surface area contributed by atoms with Crippen LogP contribution in [0.4, 0.5) is 0 Å². The van der Waals surface area contributed by atoms with Gasteiger partial charge in [-0.15, -0.1) is 0 Å². The molecule has 0 saturated carbocycles. The highest BCUT2D eigenvalue weighted by atomic mass is 16.5. The molecule has 0 fully saturated rings. The van der Waals surface area contributed by atoms with Crippen LogP contribution in [-0.4, -0.2) is 26.9 Å². The summed E-state index contributed by atoms with van der Waals surface area (Å²) in [7, 11) is 1.62. The van der Waals surface area contributed by atoms with Crippen LogP contribution < -0.4 is 9.47 Å². The van der Waals surface area contributed by atoms with Gasteiger partial charge in [-0.25, -0.2) is 14.6 Å². The smallest absolute Gasteiger partial charge is 0.238 e. The van der Waals surface area contributed by atoms with Crippen molar-refractivity contribution in [3.8, 4) is 23.1 Å². The number of benzene rings is 2. The van der Waals surface area contributed by atoms with Gasteiger partial charge in [-0.1, -0.05) is 18.2 Å². The molecular weight excluding hydrogens is 304 g/mol. The van der Waals surface area contributed by atoms with E-state index in [0.717, 1.165) is 11.4 Å². The lowest BCUT2D eigenvalue weighted by Gasteiger charge is -2.06. The number of nitrogens with zero attached hydrogens (tertiary/aromatic N) is 4. The zero-order chi connectivity index (χ0) is 16.4. The summed E-state index contributed by atoms with van der Waals surface area (Å²) in [6, 6.07) is 17.1. The largest absolute Gasteiger partial charge is 0.497 e. The van der Waals surface area contributed by atoms with Crippen molar-refractivity contribution in [3.63, 3.8) is 0 Å². The van der Waals surface area contributed by atoms with Crippen LogP contribution in [0.2, 0.25) is 0 Å². The van der Waals surface area contributed by atoms with Crippen molar-refractivity contribution in [2.75, 3.05) is 7.11 Å². The number of methoxy groups -OCH3 is 1. The molecule has 0 bridgehead atoms. The number of hydrogen-bond donors (Lipinski definition) is 0. The first-order valence-electron chi connectivity index (χ1n) is 7.41. The molecule has 0 atom stereocenters. The van der Waals surface area contributed by atoms with E-state index in [1.54, 1.807) is 24.2 Å². The molecule has 2 aromatic carbocycles. The van der Waals surface area contributed by atoms with Gasteiger partial charge in [0, 0.05) is 0 Å². The van der Waals surface area contributed by atoms with E-state index in [-0.39, 0.29) is 0 Å². The molecule has 4 aromatic rings. The Labute approximate surface area is 138 Å². The third-order valence-electron chi connectivity index (χ3n) is 3.54. The highest BCUT2D eigenvalue weighted by Crippen LogP contribution is 2.23. The predicted molar refractivity (Wildman–Crippen MR) is 89.7 cm³/mol. The van der Waals surface area contributed by atoms with E-state index < -0.39 is 0 Å². The maximum absolute atomic E-state index is 5.73. The van der Waals surface area contributed by atoms with Crippen LogP contribution in [0.1, 0.15) is 0 Å². The molecular formula is C18H14N4O2. The van der Waals surface area contributed by atoms with Gasteiger partial charge >= 0.3 is 0 Å². The Kier molecular flexibility index (Phi) is 3.55. The van der Waals surface area contributed by atoms with Gasteiger partial charge in [-0.2, -0.15) is 5.10 Å². The molecule has 6 heteroatoms. The molecule has 0 aliphatic carbocycles. The SMILES string of the molecule is COc1ccc(Oc2cnc3c(cnn3-c3ccccc3)n2)cc1. The Bertz CT molecular complexity index is 965. The third kappa shape index (κ3) is 2.65. The van der Waals surface area contributed by atoms with Gasteiger partial charge in [0.05, 0.1) is 25.2 Å². The van der Waals surface area contributed by atoms with Crippen LogP contribution >= 0.6 is 0 Å². The van der Waals surface area contributed by atoms with E-state index in [1.807, 2.05) is 54.6 Å². The fourth-order valence-electron chi connectivity index (χ4n) is 2.37. The topological polar surface area (TPSA) is 62.1 Å². The molecule has 24 heavy (non-hydrogen) atoms. The zero-order valence-electron chi connectivity index (χ0n) is 13.0. The molecule has 0 unspecified atom stereocenters. The Morgan fingerprint density at radius 2 is 1.62 bits per heavy atom. The number of fused-ring (bicyclic) bond motifs is 1. The summed E-state index contributed by atoms with van der Waals surface area (Å²) < 4.78 is 12.6. The lowest BCUT2D eigenvalue weighted by atomic mass is 10.3. The average Bonchev–Trinajstić information content (AvgIpc) is 3.06. The third-order valence-corrected chi connectivity index (χ3v) is 3.54. The van der Waals surface area contributed by atoms with Crippen molar-refractivity contribution >= 4 is 11.2 Å². The van der Waals surface area contributed by atoms with E-state index >= 15 is 0 Å². The number of para-hydroxylation sites is 1. The standard InChI is InChI=1S/C18H14N4O2/c1-23-14-7-9-15(10-8-14)24-17-12-19-18-16(21-17)11-20-22(18)13-5-3-2-4-6-13/h2-12H,1H3. The van der Waals surface area contributed by atoms with E-state index in [4.69, 9.17) is 9.47 Å². The number of rotatable bonds is 4. The van der Waals surface area contributed by atoms with Gasteiger partial charge in [0.25, 0.3) is 0 Å². The summed E-state index contributed by atoms with van der Waals surface area (Å²) in [6.07, 6.45) is 3.27. The predicted octanol–water partition coefficient (Wildman–Crippen LogP) is 3.62. The van der Waals surface area contributed by atoms with Crippen LogP contribution in [0.15, 0.2) is 67.0 Å². The van der Waals surface area contributed by atoms with Crippen LogP contribution in [0.25, 0.3) is 16.9 Å². The first-order chi connectivity index (χ1) is 11.8.